The molecule has 0 aliphatic heterocycles. The second kappa shape index (κ2) is 11.0. The van der Waals surface area contributed by atoms with Crippen LogP contribution in [0.2, 0.25) is 0 Å². The van der Waals surface area contributed by atoms with Crippen LogP contribution in [0.25, 0.3) is 17.1 Å². The second-order valence-electron chi connectivity index (χ2n) is 10.3. The lowest BCUT2D eigenvalue weighted by Crippen LogP contribution is -2.15. The fourth-order valence-corrected chi connectivity index (χ4v) is 4.23. The molecule has 40 heavy (non-hydrogen) atoms. The molecule has 0 radical (unpaired) electrons. The zero-order chi connectivity index (χ0) is 28.3. The van der Waals surface area contributed by atoms with E-state index in [9.17, 15) is 9.90 Å². The molecule has 0 aliphatic carbocycles. The number of nitrogens with two attached hydrogens (primary N) is 1. The van der Waals surface area contributed by atoms with E-state index in [1.54, 1.807) is 42.9 Å². The predicted octanol–water partition coefficient (Wildman–Crippen LogP) is 5.09. The Hall–Kier alpha value is -5.09. The Labute approximate surface area is 232 Å². The van der Waals surface area contributed by atoms with E-state index in [4.69, 9.17) is 5.73 Å². The average Bonchev–Trinajstić information content (AvgIpc) is 3.48. The van der Waals surface area contributed by atoms with Crippen LogP contribution in [0.4, 0.5) is 23.3 Å². The highest BCUT2D eigenvalue weighted by molar-refractivity contribution is 6.05. The number of imidazole rings is 1. The van der Waals surface area contributed by atoms with Crippen molar-refractivity contribution < 1.29 is 9.90 Å². The molecule has 5 rings (SSSR count). The van der Waals surface area contributed by atoms with Gasteiger partial charge >= 0.3 is 0 Å². The van der Waals surface area contributed by atoms with Gasteiger partial charge in [0.2, 0.25) is 11.9 Å². The third-order valence-corrected chi connectivity index (χ3v) is 6.42. The molecule has 0 atom stereocenters. The molecule has 10 nitrogen and oxygen atoms in total. The topological polar surface area (TPSA) is 144 Å². The molecule has 5 N–H and O–H groups in total. The lowest BCUT2D eigenvalue weighted by atomic mass is 9.86. The summed E-state index contributed by atoms with van der Waals surface area (Å²) in [7, 11) is 0. The molecule has 3 aromatic carbocycles. The third-order valence-electron chi connectivity index (χ3n) is 6.42. The lowest BCUT2D eigenvalue weighted by molar-refractivity contribution is 0.102. The van der Waals surface area contributed by atoms with Crippen LogP contribution in [0, 0.1) is 0 Å². The molecule has 10 heteroatoms. The number of amides is 1. The number of anilines is 4. The SMILES string of the molecule is CC(C)(C)c1ccc(C(=O)Nc2cccc(-c3nc(N)nc(Nc4ccc(-n5ccnc5)cc4)n3)c2CO)cc1. The van der Waals surface area contributed by atoms with Crippen molar-refractivity contribution in [3.8, 4) is 17.1 Å². The summed E-state index contributed by atoms with van der Waals surface area (Å²) in [6, 6.07) is 20.4. The van der Waals surface area contributed by atoms with Gasteiger partial charge in [-0.3, -0.25) is 4.79 Å². The van der Waals surface area contributed by atoms with Gasteiger partial charge in [0.1, 0.15) is 0 Å². The maximum atomic E-state index is 13.0. The number of hydrogen-bond acceptors (Lipinski definition) is 8. The summed E-state index contributed by atoms with van der Waals surface area (Å²) in [6.07, 6.45) is 5.30. The van der Waals surface area contributed by atoms with E-state index < -0.39 is 0 Å². The summed E-state index contributed by atoms with van der Waals surface area (Å²) in [5.41, 5.74) is 10.8. The Morgan fingerprint density at radius 3 is 2.38 bits per heavy atom. The number of nitrogen functional groups attached to an aromatic ring is 1. The Kier molecular flexibility index (Phi) is 7.26. The van der Waals surface area contributed by atoms with Gasteiger partial charge in [-0.05, 0) is 53.4 Å². The van der Waals surface area contributed by atoms with Crippen molar-refractivity contribution in [1.29, 1.82) is 0 Å². The first-order valence-electron chi connectivity index (χ1n) is 12.7. The van der Waals surface area contributed by atoms with E-state index in [2.05, 4.69) is 51.3 Å². The molecule has 2 heterocycles. The second-order valence-corrected chi connectivity index (χ2v) is 10.3. The normalized spacial score (nSPS) is 11.3. The minimum absolute atomic E-state index is 0.0137. The first-order chi connectivity index (χ1) is 19.2. The molecule has 0 spiro atoms. The van der Waals surface area contributed by atoms with Gasteiger partial charge in [0, 0.05) is 46.1 Å². The summed E-state index contributed by atoms with van der Waals surface area (Å²) in [5, 5.41) is 16.3. The molecule has 0 bridgehead atoms. The number of carbonyl (C=O) groups is 1. The fourth-order valence-electron chi connectivity index (χ4n) is 4.23. The highest BCUT2D eigenvalue weighted by atomic mass is 16.3. The van der Waals surface area contributed by atoms with Crippen molar-refractivity contribution in [3.05, 3.63) is 102 Å². The number of aliphatic hydroxyl groups excluding tert-OH is 1. The van der Waals surface area contributed by atoms with Crippen molar-refractivity contribution >= 4 is 29.2 Å². The van der Waals surface area contributed by atoms with Gasteiger partial charge in [0.05, 0.1) is 12.9 Å². The highest BCUT2D eigenvalue weighted by Crippen LogP contribution is 2.29. The molecule has 2 aromatic heterocycles. The van der Waals surface area contributed by atoms with Crippen molar-refractivity contribution in [2.24, 2.45) is 0 Å². The van der Waals surface area contributed by atoms with E-state index in [-0.39, 0.29) is 35.7 Å². The van der Waals surface area contributed by atoms with Gasteiger partial charge in [-0.25, -0.2) is 4.98 Å². The molecular weight excluding hydrogens is 504 g/mol. The summed E-state index contributed by atoms with van der Waals surface area (Å²) >= 11 is 0. The van der Waals surface area contributed by atoms with E-state index in [1.165, 1.54) is 0 Å². The number of benzene rings is 3. The van der Waals surface area contributed by atoms with Crippen LogP contribution in [0.3, 0.4) is 0 Å². The van der Waals surface area contributed by atoms with Crippen molar-refractivity contribution in [1.82, 2.24) is 24.5 Å². The van der Waals surface area contributed by atoms with Gasteiger partial charge < -0.3 is 26.0 Å². The largest absolute Gasteiger partial charge is 0.392 e. The third kappa shape index (κ3) is 5.82. The lowest BCUT2D eigenvalue weighted by Gasteiger charge is -2.19. The Balaban J connectivity index is 1.39. The van der Waals surface area contributed by atoms with Crippen LogP contribution in [-0.4, -0.2) is 35.5 Å². The van der Waals surface area contributed by atoms with Gasteiger partial charge in [0.15, 0.2) is 5.82 Å². The van der Waals surface area contributed by atoms with Crippen molar-refractivity contribution in [2.45, 2.75) is 32.8 Å². The standard InChI is InChI=1S/C30H30N8O2/c1-30(2,3)20-9-7-19(8-10-20)27(40)34-25-6-4-5-23(24(25)17-39)26-35-28(31)37-29(36-26)33-21-11-13-22(14-12-21)38-16-15-32-18-38/h4-16,18,39H,17H2,1-3H3,(H,34,40)(H3,31,33,35,36,37). The van der Waals surface area contributed by atoms with Crippen LogP contribution in [0.5, 0.6) is 0 Å². The van der Waals surface area contributed by atoms with E-state index in [0.29, 0.717) is 22.4 Å². The number of aromatic nitrogens is 5. The molecule has 0 aliphatic rings. The van der Waals surface area contributed by atoms with Crippen LogP contribution in [-0.2, 0) is 12.0 Å². The maximum absolute atomic E-state index is 13.0. The first-order valence-corrected chi connectivity index (χ1v) is 12.7. The van der Waals surface area contributed by atoms with Gasteiger partial charge in [-0.2, -0.15) is 15.0 Å². The number of nitrogens with one attached hydrogen (secondary N) is 2. The molecule has 202 valence electrons. The van der Waals surface area contributed by atoms with Gasteiger partial charge in [0.25, 0.3) is 5.91 Å². The monoisotopic (exact) mass is 534 g/mol. The van der Waals surface area contributed by atoms with Crippen LogP contribution in [0.15, 0.2) is 85.5 Å². The van der Waals surface area contributed by atoms with E-state index in [0.717, 1.165) is 16.9 Å². The highest BCUT2D eigenvalue weighted by Gasteiger charge is 2.18. The zero-order valence-electron chi connectivity index (χ0n) is 22.5. The Morgan fingerprint density at radius 2 is 1.73 bits per heavy atom. The maximum Gasteiger partial charge on any atom is 0.255 e. The molecule has 5 aromatic rings. The molecule has 0 saturated heterocycles. The summed E-state index contributed by atoms with van der Waals surface area (Å²) in [6.45, 7) is 6.01. The number of aliphatic hydroxyl groups is 1. The van der Waals surface area contributed by atoms with Gasteiger partial charge in [-0.1, -0.05) is 45.0 Å². The minimum Gasteiger partial charge on any atom is -0.392 e. The Morgan fingerprint density at radius 1 is 0.975 bits per heavy atom. The fraction of sp³-hybridized carbons (Fsp3) is 0.167. The molecule has 0 unspecified atom stereocenters. The predicted molar refractivity (Wildman–Crippen MR) is 156 cm³/mol. The summed E-state index contributed by atoms with van der Waals surface area (Å²) in [4.78, 5) is 30.1. The number of rotatable bonds is 7. The summed E-state index contributed by atoms with van der Waals surface area (Å²) in [5.74, 6) is 0.235. The Bertz CT molecular complexity index is 1620. The quantitative estimate of drug-likeness (QED) is 0.226. The molecule has 0 saturated carbocycles. The van der Waals surface area contributed by atoms with E-state index in [1.807, 2.05) is 47.2 Å². The molecular formula is C30H30N8O2. The van der Waals surface area contributed by atoms with E-state index >= 15 is 0 Å². The van der Waals surface area contributed by atoms with Crippen molar-refractivity contribution in [3.63, 3.8) is 0 Å². The molecule has 1 amide bonds. The van der Waals surface area contributed by atoms with Crippen LogP contribution >= 0.6 is 0 Å². The number of hydrogen-bond donors (Lipinski definition) is 4. The first kappa shape index (κ1) is 26.5. The zero-order valence-corrected chi connectivity index (χ0v) is 22.5. The smallest absolute Gasteiger partial charge is 0.255 e. The van der Waals surface area contributed by atoms with Crippen LogP contribution in [0.1, 0.15) is 42.3 Å². The average molecular weight is 535 g/mol. The summed E-state index contributed by atoms with van der Waals surface area (Å²) < 4.78 is 1.89. The van der Waals surface area contributed by atoms with Crippen molar-refractivity contribution in [2.75, 3.05) is 16.4 Å². The number of nitrogens with zero attached hydrogens (tertiary/aromatic N) is 5. The number of carbonyl (C=O) groups excluding carboxylic acids is 1. The van der Waals surface area contributed by atoms with Gasteiger partial charge in [-0.15, -0.1) is 0 Å². The van der Waals surface area contributed by atoms with Crippen LogP contribution < -0.4 is 16.4 Å². The molecule has 0 fully saturated rings. The minimum atomic E-state index is -0.348.